The molecular weight excluding hydrogens is 338 g/mol. The molecule has 3 rings (SSSR count). The molecule has 0 saturated heterocycles. The zero-order valence-corrected chi connectivity index (χ0v) is 16.8. The number of nitrogens with zero attached hydrogens (tertiary/aromatic N) is 1. The molecule has 1 aliphatic rings. The summed E-state index contributed by atoms with van der Waals surface area (Å²) in [6, 6.07) is 7.60. The Morgan fingerprint density at radius 2 is 2.00 bits per heavy atom. The van der Waals surface area contributed by atoms with Crippen LogP contribution in [0.1, 0.15) is 52.1 Å². The molecule has 1 aromatic carbocycles. The average molecular weight is 370 g/mol. The van der Waals surface area contributed by atoms with Gasteiger partial charge in [-0.05, 0) is 70.6 Å². The Labute approximate surface area is 161 Å². The van der Waals surface area contributed by atoms with Crippen LogP contribution in [-0.4, -0.2) is 23.0 Å². The Morgan fingerprint density at radius 1 is 1.30 bits per heavy atom. The number of benzene rings is 1. The minimum absolute atomic E-state index is 0.126. The molecule has 0 aliphatic heterocycles. The molecular formula is C22H31N3O2. The third-order valence-electron chi connectivity index (χ3n) is 5.39. The first kappa shape index (κ1) is 19.5. The average Bonchev–Trinajstić information content (AvgIpc) is 2.59. The number of rotatable bonds is 5. The molecule has 146 valence electrons. The Kier molecular flexibility index (Phi) is 5.59. The van der Waals surface area contributed by atoms with Gasteiger partial charge in [0.15, 0.2) is 0 Å². The fraction of sp³-hybridized carbons (Fsp3) is 0.545. The van der Waals surface area contributed by atoms with Crippen molar-refractivity contribution in [3.05, 3.63) is 30.0 Å². The van der Waals surface area contributed by atoms with E-state index >= 15 is 0 Å². The van der Waals surface area contributed by atoms with Crippen molar-refractivity contribution in [1.82, 2.24) is 10.3 Å². The van der Waals surface area contributed by atoms with Gasteiger partial charge in [-0.25, -0.2) is 0 Å². The summed E-state index contributed by atoms with van der Waals surface area (Å²) in [5, 5.41) is 4.00. The third kappa shape index (κ3) is 4.71. The van der Waals surface area contributed by atoms with E-state index in [1.807, 2.05) is 45.0 Å². The van der Waals surface area contributed by atoms with Crippen LogP contribution < -0.4 is 15.8 Å². The van der Waals surface area contributed by atoms with Crippen LogP contribution in [0.3, 0.4) is 0 Å². The van der Waals surface area contributed by atoms with Crippen molar-refractivity contribution in [2.75, 3.05) is 12.3 Å². The van der Waals surface area contributed by atoms with E-state index in [0.29, 0.717) is 18.0 Å². The SMILES string of the molecule is Cc1cc(N)c2c(OCC(C)(C)NC(=O)C3CCC(C)CC3)cccc2n1. The van der Waals surface area contributed by atoms with Crippen LogP contribution in [0.5, 0.6) is 5.75 Å². The van der Waals surface area contributed by atoms with Crippen LogP contribution in [0, 0.1) is 18.8 Å². The highest BCUT2D eigenvalue weighted by atomic mass is 16.5. The number of aromatic nitrogens is 1. The molecule has 0 bridgehead atoms. The smallest absolute Gasteiger partial charge is 0.223 e. The van der Waals surface area contributed by atoms with Gasteiger partial charge in [0.05, 0.1) is 16.4 Å². The van der Waals surface area contributed by atoms with Gasteiger partial charge in [0.1, 0.15) is 12.4 Å². The Bertz CT molecular complexity index is 824. The normalized spacial score (nSPS) is 20.4. The standard InChI is InChI=1S/C22H31N3O2/c1-14-8-10-16(11-9-14)21(26)25-22(3,4)13-27-19-7-5-6-18-20(19)17(23)12-15(2)24-18/h5-7,12,14,16H,8-11,13H2,1-4H3,(H2,23,24)(H,25,26). The fourth-order valence-corrected chi connectivity index (χ4v) is 3.79. The highest BCUT2D eigenvalue weighted by molar-refractivity contribution is 5.95. The number of carbonyl (C=O) groups is 1. The molecule has 1 aliphatic carbocycles. The summed E-state index contributed by atoms with van der Waals surface area (Å²) in [5.74, 6) is 1.71. The van der Waals surface area contributed by atoms with Crippen LogP contribution in [-0.2, 0) is 4.79 Å². The van der Waals surface area contributed by atoms with Gasteiger partial charge in [0, 0.05) is 17.3 Å². The zero-order valence-electron chi connectivity index (χ0n) is 16.8. The van der Waals surface area contributed by atoms with Crippen molar-refractivity contribution >= 4 is 22.5 Å². The summed E-state index contributed by atoms with van der Waals surface area (Å²) in [4.78, 5) is 17.2. The van der Waals surface area contributed by atoms with Crippen molar-refractivity contribution < 1.29 is 9.53 Å². The first-order chi connectivity index (χ1) is 12.7. The monoisotopic (exact) mass is 369 g/mol. The molecule has 1 heterocycles. The van der Waals surface area contributed by atoms with Crippen molar-refractivity contribution in [2.45, 2.75) is 58.9 Å². The molecule has 1 saturated carbocycles. The number of anilines is 1. The predicted molar refractivity (Wildman–Crippen MR) is 110 cm³/mol. The van der Waals surface area contributed by atoms with Crippen LogP contribution in [0.25, 0.3) is 10.9 Å². The van der Waals surface area contributed by atoms with Crippen molar-refractivity contribution in [2.24, 2.45) is 11.8 Å². The van der Waals surface area contributed by atoms with Crippen molar-refractivity contribution in [1.29, 1.82) is 0 Å². The Balaban J connectivity index is 1.67. The molecule has 2 aromatic rings. The minimum atomic E-state index is -0.463. The first-order valence-corrected chi connectivity index (χ1v) is 9.86. The zero-order chi connectivity index (χ0) is 19.6. The second-order valence-corrected chi connectivity index (χ2v) is 8.62. The van der Waals surface area contributed by atoms with Gasteiger partial charge in [-0.1, -0.05) is 13.0 Å². The second kappa shape index (κ2) is 7.75. The largest absolute Gasteiger partial charge is 0.490 e. The maximum atomic E-state index is 12.6. The summed E-state index contributed by atoms with van der Waals surface area (Å²) < 4.78 is 6.08. The maximum absolute atomic E-state index is 12.6. The topological polar surface area (TPSA) is 77.2 Å². The minimum Gasteiger partial charge on any atom is -0.490 e. The van der Waals surface area contributed by atoms with E-state index < -0.39 is 5.54 Å². The number of hydrogen-bond acceptors (Lipinski definition) is 4. The lowest BCUT2D eigenvalue weighted by Crippen LogP contribution is -2.50. The Morgan fingerprint density at radius 3 is 2.70 bits per heavy atom. The number of nitrogens with one attached hydrogen (secondary N) is 1. The molecule has 5 heteroatoms. The number of carbonyl (C=O) groups excluding carboxylic acids is 1. The van der Waals surface area contributed by atoms with E-state index in [0.717, 1.165) is 48.2 Å². The van der Waals surface area contributed by atoms with Crippen LogP contribution in [0.2, 0.25) is 0 Å². The summed E-state index contributed by atoms with van der Waals surface area (Å²) in [6.45, 7) is 8.54. The van der Waals surface area contributed by atoms with Gasteiger partial charge in [0.2, 0.25) is 5.91 Å². The van der Waals surface area contributed by atoms with Crippen LogP contribution in [0.15, 0.2) is 24.3 Å². The van der Waals surface area contributed by atoms with Gasteiger partial charge < -0.3 is 15.8 Å². The van der Waals surface area contributed by atoms with Crippen LogP contribution in [0.4, 0.5) is 5.69 Å². The van der Waals surface area contributed by atoms with E-state index in [4.69, 9.17) is 10.5 Å². The van der Waals surface area contributed by atoms with Gasteiger partial charge >= 0.3 is 0 Å². The number of ether oxygens (including phenoxy) is 1. The molecule has 5 nitrogen and oxygen atoms in total. The molecule has 1 aromatic heterocycles. The highest BCUT2D eigenvalue weighted by Gasteiger charge is 2.29. The fourth-order valence-electron chi connectivity index (χ4n) is 3.79. The van der Waals surface area contributed by atoms with Gasteiger partial charge in [0.25, 0.3) is 0 Å². The van der Waals surface area contributed by atoms with Gasteiger partial charge in [-0.15, -0.1) is 0 Å². The van der Waals surface area contributed by atoms with Crippen molar-refractivity contribution in [3.63, 3.8) is 0 Å². The van der Waals surface area contributed by atoms with Gasteiger partial charge in [-0.2, -0.15) is 0 Å². The molecule has 0 unspecified atom stereocenters. The van der Waals surface area contributed by atoms with E-state index in [1.165, 1.54) is 0 Å². The number of nitrogens with two attached hydrogens (primary N) is 1. The summed E-state index contributed by atoms with van der Waals surface area (Å²) in [7, 11) is 0. The van der Waals surface area contributed by atoms with E-state index in [-0.39, 0.29) is 11.8 Å². The number of nitrogen functional groups attached to an aromatic ring is 1. The number of fused-ring (bicyclic) bond motifs is 1. The summed E-state index contributed by atoms with van der Waals surface area (Å²) >= 11 is 0. The molecule has 0 atom stereocenters. The third-order valence-corrected chi connectivity index (χ3v) is 5.39. The second-order valence-electron chi connectivity index (χ2n) is 8.62. The number of aryl methyl sites for hydroxylation is 1. The van der Waals surface area contributed by atoms with Crippen molar-refractivity contribution in [3.8, 4) is 5.75 Å². The number of amides is 1. The maximum Gasteiger partial charge on any atom is 0.223 e. The summed E-state index contributed by atoms with van der Waals surface area (Å²) in [6.07, 6.45) is 4.23. The van der Waals surface area contributed by atoms with Crippen LogP contribution >= 0.6 is 0 Å². The highest BCUT2D eigenvalue weighted by Crippen LogP contribution is 2.31. The quantitative estimate of drug-likeness (QED) is 0.827. The number of pyridine rings is 1. The number of hydrogen-bond donors (Lipinski definition) is 2. The molecule has 27 heavy (non-hydrogen) atoms. The lowest BCUT2D eigenvalue weighted by molar-refractivity contribution is -0.128. The van der Waals surface area contributed by atoms with E-state index in [1.54, 1.807) is 0 Å². The molecule has 1 fully saturated rings. The Hall–Kier alpha value is -2.30. The van der Waals surface area contributed by atoms with E-state index in [9.17, 15) is 4.79 Å². The summed E-state index contributed by atoms with van der Waals surface area (Å²) in [5.41, 5.74) is 8.10. The van der Waals surface area contributed by atoms with Gasteiger partial charge in [-0.3, -0.25) is 9.78 Å². The lowest BCUT2D eigenvalue weighted by Gasteiger charge is -2.31. The molecule has 0 radical (unpaired) electrons. The first-order valence-electron chi connectivity index (χ1n) is 9.86. The molecule has 1 amide bonds. The lowest BCUT2D eigenvalue weighted by atomic mass is 9.82. The van der Waals surface area contributed by atoms with E-state index in [2.05, 4.69) is 17.2 Å². The predicted octanol–water partition coefficient (Wildman–Crippen LogP) is 4.23. The molecule has 3 N–H and O–H groups in total. The molecule has 0 spiro atoms.